The number of thioether (sulfide) groups is 1. The molecule has 1 fully saturated rings. The monoisotopic (exact) mass is 389 g/mol. The van der Waals surface area contributed by atoms with Crippen LogP contribution in [0.25, 0.3) is 0 Å². The molecular weight excluding hydrogens is 374 g/mol. The number of halogens is 1. The molecule has 3 rings (SSSR count). The van der Waals surface area contributed by atoms with Gasteiger partial charge in [-0.15, -0.1) is 10.2 Å². The Morgan fingerprint density at radius 3 is 2.67 bits per heavy atom. The number of sulfone groups is 1. The Labute approximate surface area is 148 Å². The lowest BCUT2D eigenvalue weighted by Gasteiger charge is -2.11. The first-order valence-corrected chi connectivity index (χ1v) is 10.2. The van der Waals surface area contributed by atoms with Gasteiger partial charge in [-0.3, -0.25) is 0 Å². The van der Waals surface area contributed by atoms with Gasteiger partial charge in [-0.25, -0.2) is 8.42 Å². The van der Waals surface area contributed by atoms with E-state index in [0.717, 1.165) is 0 Å². The summed E-state index contributed by atoms with van der Waals surface area (Å²) in [6, 6.07) is 6.98. The van der Waals surface area contributed by atoms with Gasteiger partial charge in [-0.1, -0.05) is 23.4 Å². The average molecular weight is 390 g/mol. The fourth-order valence-electron chi connectivity index (χ4n) is 2.30. The highest BCUT2D eigenvalue weighted by Gasteiger charge is 2.38. The molecule has 0 amide bonds. The minimum Gasteiger partial charge on any atom is -0.486 e. The molecule has 0 radical (unpaired) electrons. The number of nitrogens with zero attached hydrogens (tertiary/aromatic N) is 3. The predicted octanol–water partition coefficient (Wildman–Crippen LogP) is 1.30. The lowest BCUT2D eigenvalue weighted by Crippen LogP contribution is -2.20. The van der Waals surface area contributed by atoms with Crippen LogP contribution >= 0.6 is 23.4 Å². The molecule has 1 aliphatic heterocycles. The largest absolute Gasteiger partial charge is 0.486 e. The van der Waals surface area contributed by atoms with Crippen molar-refractivity contribution in [2.24, 2.45) is 7.05 Å². The molecule has 0 aliphatic carbocycles. The van der Waals surface area contributed by atoms with Crippen LogP contribution in [0.5, 0.6) is 5.75 Å². The maximum Gasteiger partial charge on any atom is 0.191 e. The fraction of sp³-hybridized carbons (Fsp3) is 0.429. The van der Waals surface area contributed by atoms with Crippen molar-refractivity contribution in [1.29, 1.82) is 0 Å². The molecule has 24 heavy (non-hydrogen) atoms. The quantitative estimate of drug-likeness (QED) is 0.823. The number of hydrogen-bond acceptors (Lipinski definition) is 7. The third kappa shape index (κ3) is 4.02. The van der Waals surface area contributed by atoms with Crippen LogP contribution in [-0.2, 0) is 23.5 Å². The highest BCUT2D eigenvalue weighted by molar-refractivity contribution is 8.01. The van der Waals surface area contributed by atoms with E-state index in [1.807, 2.05) is 0 Å². The van der Waals surface area contributed by atoms with Gasteiger partial charge < -0.3 is 14.4 Å². The highest BCUT2D eigenvalue weighted by Crippen LogP contribution is 2.30. The molecule has 1 N–H and O–H groups in total. The second kappa shape index (κ2) is 6.91. The Kier molecular flexibility index (Phi) is 5.05. The first kappa shape index (κ1) is 17.5. The first-order chi connectivity index (χ1) is 11.3. The second-order valence-electron chi connectivity index (χ2n) is 5.50. The third-order valence-corrected chi connectivity index (χ3v) is 7.16. The van der Waals surface area contributed by atoms with E-state index in [4.69, 9.17) is 16.3 Å². The number of rotatable bonds is 5. The number of ether oxygens (including phenoxy) is 1. The molecule has 0 saturated carbocycles. The minimum absolute atomic E-state index is 0.0533. The maximum atomic E-state index is 11.6. The van der Waals surface area contributed by atoms with E-state index in [1.54, 1.807) is 35.9 Å². The summed E-state index contributed by atoms with van der Waals surface area (Å²) >= 11 is 7.04. The van der Waals surface area contributed by atoms with Crippen LogP contribution in [0.2, 0.25) is 5.02 Å². The molecule has 1 aromatic carbocycles. The average Bonchev–Trinajstić information content (AvgIpc) is 2.99. The zero-order valence-corrected chi connectivity index (χ0v) is 15.2. The Hall–Kier alpha value is -1.29. The van der Waals surface area contributed by atoms with Gasteiger partial charge >= 0.3 is 0 Å². The van der Waals surface area contributed by atoms with Gasteiger partial charge in [0, 0.05) is 12.1 Å². The van der Waals surface area contributed by atoms with Gasteiger partial charge in [-0.05, 0) is 24.3 Å². The zero-order chi connectivity index (χ0) is 17.3. The van der Waals surface area contributed by atoms with Gasteiger partial charge in [0.2, 0.25) is 0 Å². The summed E-state index contributed by atoms with van der Waals surface area (Å²) < 4.78 is 30.5. The van der Waals surface area contributed by atoms with E-state index in [-0.39, 0.29) is 18.1 Å². The van der Waals surface area contributed by atoms with Crippen LogP contribution < -0.4 is 4.74 Å². The van der Waals surface area contributed by atoms with Crippen LogP contribution in [0.3, 0.4) is 0 Å². The lowest BCUT2D eigenvalue weighted by atomic mass is 10.3. The van der Waals surface area contributed by atoms with Crippen LogP contribution in [0.1, 0.15) is 5.82 Å². The van der Waals surface area contributed by atoms with Crippen molar-refractivity contribution in [3.8, 4) is 5.75 Å². The second-order valence-corrected chi connectivity index (χ2v) is 9.30. The Morgan fingerprint density at radius 2 is 2.04 bits per heavy atom. The molecule has 0 unspecified atom stereocenters. The molecule has 1 aromatic heterocycles. The van der Waals surface area contributed by atoms with Crippen LogP contribution in [0.15, 0.2) is 29.4 Å². The molecule has 130 valence electrons. The van der Waals surface area contributed by atoms with E-state index in [0.29, 0.717) is 21.8 Å². The summed E-state index contributed by atoms with van der Waals surface area (Å²) in [5.74, 6) is 1.01. The Bertz CT molecular complexity index is 823. The molecule has 2 heterocycles. The van der Waals surface area contributed by atoms with Crippen molar-refractivity contribution >= 4 is 33.2 Å². The molecule has 2 aromatic rings. The van der Waals surface area contributed by atoms with Gasteiger partial charge in [-0.2, -0.15) is 0 Å². The Morgan fingerprint density at radius 1 is 1.33 bits per heavy atom. The number of aliphatic hydroxyl groups is 1. The molecule has 1 saturated heterocycles. The summed E-state index contributed by atoms with van der Waals surface area (Å²) in [5, 5.41) is 18.7. The van der Waals surface area contributed by atoms with E-state index in [9.17, 15) is 13.5 Å². The van der Waals surface area contributed by atoms with E-state index >= 15 is 0 Å². The number of hydrogen-bond donors (Lipinski definition) is 1. The molecule has 0 spiro atoms. The maximum absolute atomic E-state index is 11.6. The van der Waals surface area contributed by atoms with Crippen molar-refractivity contribution in [3.05, 3.63) is 35.1 Å². The summed E-state index contributed by atoms with van der Waals surface area (Å²) in [7, 11) is -1.41. The zero-order valence-electron chi connectivity index (χ0n) is 12.8. The summed E-state index contributed by atoms with van der Waals surface area (Å²) in [5.41, 5.74) is 0. The smallest absolute Gasteiger partial charge is 0.191 e. The minimum atomic E-state index is -3.18. The standard InChI is InChI=1S/C14H16ClN3O4S2/c1-18-13(6-22-10-4-2-9(15)3-5-10)16-17-14(18)23-12-8-24(20,21)7-11(12)19/h2-5,11-12,19H,6-8H2,1H3/t11-,12-/m0/s1. The third-order valence-electron chi connectivity index (χ3n) is 3.64. The van der Waals surface area contributed by atoms with Crippen LogP contribution in [-0.4, -0.2) is 51.1 Å². The first-order valence-electron chi connectivity index (χ1n) is 7.16. The van der Waals surface area contributed by atoms with E-state index in [2.05, 4.69) is 10.2 Å². The van der Waals surface area contributed by atoms with Crippen molar-refractivity contribution in [2.45, 2.75) is 23.1 Å². The molecule has 0 bridgehead atoms. The van der Waals surface area contributed by atoms with Crippen molar-refractivity contribution < 1.29 is 18.3 Å². The lowest BCUT2D eigenvalue weighted by molar-refractivity contribution is 0.207. The predicted molar refractivity (Wildman–Crippen MR) is 91.1 cm³/mol. The van der Waals surface area contributed by atoms with Crippen molar-refractivity contribution in [1.82, 2.24) is 14.8 Å². The number of benzene rings is 1. The van der Waals surface area contributed by atoms with Crippen LogP contribution in [0, 0.1) is 0 Å². The van der Waals surface area contributed by atoms with Gasteiger partial charge in [0.05, 0.1) is 22.9 Å². The van der Waals surface area contributed by atoms with Crippen molar-refractivity contribution in [3.63, 3.8) is 0 Å². The topological polar surface area (TPSA) is 94.3 Å². The van der Waals surface area contributed by atoms with Gasteiger partial charge in [0.15, 0.2) is 20.8 Å². The van der Waals surface area contributed by atoms with Gasteiger partial charge in [0.25, 0.3) is 0 Å². The molecule has 10 heteroatoms. The SMILES string of the molecule is Cn1c(COc2ccc(Cl)cc2)nnc1S[C@H]1CS(=O)(=O)C[C@@H]1O. The van der Waals surface area contributed by atoms with E-state index < -0.39 is 21.2 Å². The fourth-order valence-corrected chi connectivity index (χ4v) is 5.93. The summed E-state index contributed by atoms with van der Waals surface area (Å²) in [4.78, 5) is 0. The van der Waals surface area contributed by atoms with Crippen molar-refractivity contribution in [2.75, 3.05) is 11.5 Å². The summed E-state index contributed by atoms with van der Waals surface area (Å²) in [6.07, 6.45) is -0.884. The molecule has 7 nitrogen and oxygen atoms in total. The summed E-state index contributed by atoms with van der Waals surface area (Å²) in [6.45, 7) is 0.219. The number of aromatic nitrogens is 3. The molecule has 1 aliphatic rings. The van der Waals surface area contributed by atoms with E-state index in [1.165, 1.54) is 11.8 Å². The molecule has 2 atom stereocenters. The Balaban J connectivity index is 1.64. The van der Waals surface area contributed by atoms with Crippen LogP contribution in [0.4, 0.5) is 0 Å². The highest BCUT2D eigenvalue weighted by atomic mass is 35.5. The number of aliphatic hydroxyl groups excluding tert-OH is 1. The normalized spacial score (nSPS) is 22.6. The van der Waals surface area contributed by atoms with Gasteiger partial charge in [0.1, 0.15) is 12.4 Å². The molecular formula is C14H16ClN3O4S2.